The van der Waals surface area contributed by atoms with Crippen LogP contribution >= 0.6 is 0 Å². The first-order valence-corrected chi connectivity index (χ1v) is 4.41. The zero-order valence-electron chi connectivity index (χ0n) is 7.84. The molecule has 1 aliphatic heterocycles. The highest BCUT2D eigenvalue weighted by molar-refractivity contribution is 5.67. The third-order valence-corrected chi connectivity index (χ3v) is 1.89. The summed E-state index contributed by atoms with van der Waals surface area (Å²) in [5.74, 6) is 0.240. The van der Waals surface area contributed by atoms with Crippen molar-refractivity contribution in [1.29, 1.82) is 0 Å². The highest BCUT2D eigenvalue weighted by Crippen LogP contribution is 2.24. The van der Waals surface area contributed by atoms with Crippen LogP contribution in [0.2, 0.25) is 0 Å². The second-order valence-corrected chi connectivity index (χ2v) is 2.88. The second-order valence-electron chi connectivity index (χ2n) is 2.88. The molecule has 74 valence electrons. The lowest BCUT2D eigenvalue weighted by atomic mass is 10.2. The van der Waals surface area contributed by atoms with Crippen LogP contribution in [0.3, 0.4) is 0 Å². The van der Waals surface area contributed by atoms with E-state index in [1.54, 1.807) is 17.3 Å². The van der Waals surface area contributed by atoms with Crippen LogP contribution in [0.25, 0.3) is 6.08 Å². The fraction of sp³-hybridized carbons (Fsp3) is 0.333. The Hall–Kier alpha value is -1.62. The summed E-state index contributed by atoms with van der Waals surface area (Å²) < 4.78 is 0. The summed E-state index contributed by atoms with van der Waals surface area (Å²) in [4.78, 5) is 13.3. The van der Waals surface area contributed by atoms with Crippen molar-refractivity contribution >= 4 is 11.8 Å². The topological polar surface area (TPSA) is 58.5 Å². The van der Waals surface area contributed by atoms with Gasteiger partial charge in [0.1, 0.15) is 24.3 Å². The highest BCUT2D eigenvalue weighted by Gasteiger charge is 2.18. The van der Waals surface area contributed by atoms with Gasteiger partial charge in [0.15, 0.2) is 0 Å². The molecular weight excluding hydrogens is 182 g/mol. The number of rotatable bonds is 2. The predicted octanol–water partition coefficient (Wildman–Crippen LogP) is 1.15. The number of hydrogen-bond donors (Lipinski definition) is 1. The maximum atomic E-state index is 9.43. The number of aromatic nitrogens is 2. The van der Waals surface area contributed by atoms with Gasteiger partial charge in [-0.2, -0.15) is 0 Å². The zero-order valence-corrected chi connectivity index (χ0v) is 7.84. The van der Waals surface area contributed by atoms with Gasteiger partial charge in [-0.15, -0.1) is 0 Å². The molecule has 0 atom stereocenters. The first-order valence-electron chi connectivity index (χ1n) is 4.41. The van der Waals surface area contributed by atoms with Crippen LogP contribution in [-0.4, -0.2) is 28.2 Å². The van der Waals surface area contributed by atoms with Crippen LogP contribution in [0.15, 0.2) is 18.3 Å². The molecule has 5 heteroatoms. The van der Waals surface area contributed by atoms with Crippen LogP contribution in [0.5, 0.6) is 0 Å². The van der Waals surface area contributed by atoms with E-state index in [1.807, 2.05) is 6.92 Å². The summed E-state index contributed by atoms with van der Waals surface area (Å²) >= 11 is 0. The maximum Gasteiger partial charge on any atom is 0.116 e. The first-order chi connectivity index (χ1) is 6.81. The van der Waals surface area contributed by atoms with E-state index in [2.05, 4.69) is 9.97 Å². The quantitative estimate of drug-likeness (QED) is 0.763. The van der Waals surface area contributed by atoms with E-state index in [-0.39, 0.29) is 5.76 Å². The molecule has 0 radical (unpaired) electrons. The molecule has 0 fully saturated rings. The van der Waals surface area contributed by atoms with Crippen molar-refractivity contribution in [2.75, 3.05) is 18.2 Å². The summed E-state index contributed by atoms with van der Waals surface area (Å²) in [6.07, 6.45) is 4.73. The lowest BCUT2D eigenvalue weighted by Gasteiger charge is -2.26. The highest BCUT2D eigenvalue weighted by atomic mass is 16.7. The Morgan fingerprint density at radius 2 is 2.50 bits per heavy atom. The molecule has 1 aromatic rings. The minimum Gasteiger partial charge on any atom is -0.510 e. The monoisotopic (exact) mass is 193 g/mol. The number of hydroxylamine groups is 1. The summed E-state index contributed by atoms with van der Waals surface area (Å²) in [7, 11) is 0. The molecule has 0 amide bonds. The number of fused-ring (bicyclic) bond motifs is 1. The van der Waals surface area contributed by atoms with Gasteiger partial charge in [0.2, 0.25) is 0 Å². The molecule has 2 heterocycles. The van der Waals surface area contributed by atoms with Crippen molar-refractivity contribution in [2.45, 2.75) is 6.92 Å². The van der Waals surface area contributed by atoms with Gasteiger partial charge in [0.25, 0.3) is 0 Å². The molecule has 1 N–H and O–H groups in total. The molecule has 1 aromatic heterocycles. The fourth-order valence-electron chi connectivity index (χ4n) is 1.34. The summed E-state index contributed by atoms with van der Waals surface area (Å²) in [5, 5.41) is 11.0. The molecule has 1 aliphatic rings. The standard InChI is InChI=1S/C9H11N3O2/c1-2-14-12-5-7(13)3-8-9(12)4-10-6-11-8/h3-4,6,13H,2,5H2,1H3. The van der Waals surface area contributed by atoms with E-state index >= 15 is 0 Å². The van der Waals surface area contributed by atoms with Crippen molar-refractivity contribution in [1.82, 2.24) is 9.97 Å². The van der Waals surface area contributed by atoms with Gasteiger partial charge in [-0.3, -0.25) is 4.84 Å². The summed E-state index contributed by atoms with van der Waals surface area (Å²) in [6.45, 7) is 2.77. The Labute approximate surface area is 81.6 Å². The van der Waals surface area contributed by atoms with Crippen LogP contribution in [0.1, 0.15) is 12.6 Å². The summed E-state index contributed by atoms with van der Waals surface area (Å²) in [5.41, 5.74) is 1.46. The van der Waals surface area contributed by atoms with E-state index in [4.69, 9.17) is 4.84 Å². The molecule has 5 nitrogen and oxygen atoms in total. The summed E-state index contributed by atoms with van der Waals surface area (Å²) in [6, 6.07) is 0. The predicted molar refractivity (Wildman–Crippen MR) is 51.6 cm³/mol. The van der Waals surface area contributed by atoms with Gasteiger partial charge in [-0.25, -0.2) is 15.0 Å². The third kappa shape index (κ3) is 1.54. The van der Waals surface area contributed by atoms with Crippen LogP contribution < -0.4 is 5.06 Å². The lowest BCUT2D eigenvalue weighted by molar-refractivity contribution is 0.117. The maximum absolute atomic E-state index is 9.43. The number of nitrogens with zero attached hydrogens (tertiary/aromatic N) is 3. The van der Waals surface area contributed by atoms with E-state index in [0.29, 0.717) is 18.8 Å². The molecule has 0 aromatic carbocycles. The fourth-order valence-corrected chi connectivity index (χ4v) is 1.34. The van der Waals surface area contributed by atoms with Crippen molar-refractivity contribution in [3.05, 3.63) is 24.0 Å². The van der Waals surface area contributed by atoms with E-state index < -0.39 is 0 Å². The first kappa shape index (κ1) is 8.96. The third-order valence-electron chi connectivity index (χ3n) is 1.89. The molecule has 2 rings (SSSR count). The zero-order chi connectivity index (χ0) is 9.97. The van der Waals surface area contributed by atoms with Gasteiger partial charge in [0.05, 0.1) is 18.5 Å². The van der Waals surface area contributed by atoms with Crippen LogP contribution in [-0.2, 0) is 4.84 Å². The SMILES string of the molecule is CCON1CC(O)=Cc2ncncc21. The van der Waals surface area contributed by atoms with Gasteiger partial charge < -0.3 is 5.11 Å². The van der Waals surface area contributed by atoms with Crippen molar-refractivity contribution in [2.24, 2.45) is 0 Å². The van der Waals surface area contributed by atoms with Gasteiger partial charge >= 0.3 is 0 Å². The molecule has 0 spiro atoms. The Balaban J connectivity index is 2.37. The van der Waals surface area contributed by atoms with E-state index in [0.717, 1.165) is 5.69 Å². The Bertz CT molecular complexity index is 365. The molecule has 0 aliphatic carbocycles. The number of hydrogen-bond acceptors (Lipinski definition) is 5. The van der Waals surface area contributed by atoms with Gasteiger partial charge in [0, 0.05) is 6.08 Å². The molecule has 0 bridgehead atoms. The number of aliphatic hydroxyl groups excluding tert-OH is 1. The average Bonchev–Trinajstić information content (AvgIpc) is 2.18. The average molecular weight is 193 g/mol. The van der Waals surface area contributed by atoms with Gasteiger partial charge in [-0.05, 0) is 6.92 Å². The van der Waals surface area contributed by atoms with E-state index in [9.17, 15) is 5.11 Å². The molecule has 14 heavy (non-hydrogen) atoms. The molecule has 0 saturated heterocycles. The molecule has 0 saturated carbocycles. The number of aliphatic hydroxyl groups is 1. The van der Waals surface area contributed by atoms with Crippen molar-refractivity contribution < 1.29 is 9.94 Å². The normalized spacial score (nSPS) is 14.9. The Morgan fingerprint density at radius 1 is 1.64 bits per heavy atom. The van der Waals surface area contributed by atoms with E-state index in [1.165, 1.54) is 6.33 Å². The molecule has 0 unspecified atom stereocenters. The van der Waals surface area contributed by atoms with Gasteiger partial charge in [-0.1, -0.05) is 0 Å². The lowest BCUT2D eigenvalue weighted by Crippen LogP contribution is -2.29. The number of anilines is 1. The smallest absolute Gasteiger partial charge is 0.116 e. The van der Waals surface area contributed by atoms with Crippen molar-refractivity contribution in [3.8, 4) is 0 Å². The molecular formula is C9H11N3O2. The largest absolute Gasteiger partial charge is 0.510 e. The van der Waals surface area contributed by atoms with Crippen LogP contribution in [0.4, 0.5) is 5.69 Å². The van der Waals surface area contributed by atoms with Crippen molar-refractivity contribution in [3.63, 3.8) is 0 Å². The second kappa shape index (κ2) is 3.63. The Kier molecular flexibility index (Phi) is 2.32. The van der Waals surface area contributed by atoms with Crippen LogP contribution in [0, 0.1) is 0 Å². The minimum atomic E-state index is 0.240. The Morgan fingerprint density at radius 3 is 3.29 bits per heavy atom. The minimum absolute atomic E-state index is 0.240.